The fourth-order valence-electron chi connectivity index (χ4n) is 3.71. The van der Waals surface area contributed by atoms with Gasteiger partial charge in [-0.2, -0.15) is 0 Å². The van der Waals surface area contributed by atoms with Gasteiger partial charge in [-0.3, -0.25) is 4.90 Å². The van der Waals surface area contributed by atoms with Crippen molar-refractivity contribution in [2.75, 3.05) is 13.1 Å². The van der Waals surface area contributed by atoms with Crippen molar-refractivity contribution in [3.05, 3.63) is 78.3 Å². The molecule has 1 fully saturated rings. The van der Waals surface area contributed by atoms with E-state index in [1.807, 2.05) is 36.4 Å². The smallest absolute Gasteiger partial charge is 0.315 e. The molecule has 0 radical (unpaired) electrons. The molecular weight excluding hydrogens is 364 g/mol. The van der Waals surface area contributed by atoms with Gasteiger partial charge >= 0.3 is 6.03 Å². The van der Waals surface area contributed by atoms with Gasteiger partial charge in [0.25, 0.3) is 0 Å². The molecule has 2 amide bonds. The number of benzene rings is 2. The molecule has 0 bridgehead atoms. The fourth-order valence-corrected chi connectivity index (χ4v) is 3.71. The van der Waals surface area contributed by atoms with Crippen molar-refractivity contribution in [3.63, 3.8) is 0 Å². The van der Waals surface area contributed by atoms with Crippen molar-refractivity contribution in [3.8, 4) is 11.3 Å². The van der Waals surface area contributed by atoms with Gasteiger partial charge < -0.3 is 15.1 Å². The van der Waals surface area contributed by atoms with E-state index in [1.54, 1.807) is 6.20 Å². The van der Waals surface area contributed by atoms with Crippen molar-refractivity contribution < 1.29 is 9.21 Å². The maximum absolute atomic E-state index is 12.2. The Morgan fingerprint density at radius 1 is 1.07 bits per heavy atom. The van der Waals surface area contributed by atoms with Crippen LogP contribution in [0.3, 0.4) is 0 Å². The number of nitrogens with one attached hydrogen (secondary N) is 2. The van der Waals surface area contributed by atoms with Crippen LogP contribution in [0.25, 0.3) is 11.3 Å². The van der Waals surface area contributed by atoms with E-state index in [9.17, 15) is 4.79 Å². The first-order valence-corrected chi connectivity index (χ1v) is 10.1. The molecule has 1 saturated heterocycles. The van der Waals surface area contributed by atoms with Gasteiger partial charge in [0.05, 0.1) is 12.7 Å². The highest BCUT2D eigenvalue weighted by atomic mass is 16.4. The Morgan fingerprint density at radius 2 is 1.83 bits per heavy atom. The summed E-state index contributed by atoms with van der Waals surface area (Å²) in [6, 6.07) is 20.4. The third-order valence-corrected chi connectivity index (χ3v) is 5.24. The summed E-state index contributed by atoms with van der Waals surface area (Å²) in [5.74, 6) is 1.19. The topological polar surface area (TPSA) is 70.4 Å². The molecule has 2 heterocycles. The van der Waals surface area contributed by atoms with Crippen molar-refractivity contribution in [2.24, 2.45) is 0 Å². The van der Waals surface area contributed by atoms with E-state index < -0.39 is 0 Å². The highest BCUT2D eigenvalue weighted by molar-refractivity contribution is 5.73. The Hall–Kier alpha value is -3.12. The minimum absolute atomic E-state index is 0.198. The number of rotatable bonds is 7. The molecule has 3 aromatic rings. The molecule has 6 nitrogen and oxygen atoms in total. The predicted molar refractivity (Wildman–Crippen MR) is 112 cm³/mol. The van der Waals surface area contributed by atoms with Crippen LogP contribution in [-0.4, -0.2) is 35.0 Å². The second-order valence-electron chi connectivity index (χ2n) is 7.30. The van der Waals surface area contributed by atoms with Crippen LogP contribution in [0.4, 0.5) is 4.79 Å². The summed E-state index contributed by atoms with van der Waals surface area (Å²) in [4.78, 5) is 18.9. The number of hydrogen-bond donors (Lipinski definition) is 2. The van der Waals surface area contributed by atoms with E-state index >= 15 is 0 Å². The maximum Gasteiger partial charge on any atom is 0.315 e. The monoisotopic (exact) mass is 390 g/mol. The molecule has 1 atom stereocenters. The largest absolute Gasteiger partial charge is 0.439 e. The number of carbonyl (C=O) groups excluding carboxylic acids is 1. The van der Waals surface area contributed by atoms with Crippen molar-refractivity contribution in [2.45, 2.75) is 32.0 Å². The Balaban J connectivity index is 1.22. The molecule has 150 valence electrons. The molecule has 2 N–H and O–H groups in total. The molecule has 0 aliphatic carbocycles. The van der Waals surface area contributed by atoms with Crippen LogP contribution in [0.1, 0.15) is 24.3 Å². The summed E-state index contributed by atoms with van der Waals surface area (Å²) >= 11 is 0. The summed E-state index contributed by atoms with van der Waals surface area (Å²) in [5.41, 5.74) is 2.28. The van der Waals surface area contributed by atoms with E-state index in [0.29, 0.717) is 24.2 Å². The molecular formula is C23H26N4O2. The van der Waals surface area contributed by atoms with Crippen LogP contribution in [0.5, 0.6) is 0 Å². The van der Waals surface area contributed by atoms with Gasteiger partial charge in [0, 0.05) is 24.7 Å². The zero-order chi connectivity index (χ0) is 19.9. The normalized spacial score (nSPS) is 16.6. The van der Waals surface area contributed by atoms with Crippen molar-refractivity contribution >= 4 is 6.03 Å². The first kappa shape index (κ1) is 19.2. The molecule has 2 aromatic carbocycles. The minimum atomic E-state index is -0.198. The third-order valence-electron chi connectivity index (χ3n) is 5.24. The summed E-state index contributed by atoms with van der Waals surface area (Å²) in [5, 5.41) is 5.82. The fraction of sp³-hybridized carbons (Fsp3) is 0.304. The Labute approximate surface area is 170 Å². The van der Waals surface area contributed by atoms with Gasteiger partial charge in [-0.1, -0.05) is 60.7 Å². The van der Waals surface area contributed by atoms with E-state index in [0.717, 1.165) is 25.1 Å². The maximum atomic E-state index is 12.2. The van der Waals surface area contributed by atoms with Crippen LogP contribution in [0, 0.1) is 0 Å². The Bertz CT molecular complexity index is 911. The Morgan fingerprint density at radius 3 is 2.62 bits per heavy atom. The summed E-state index contributed by atoms with van der Waals surface area (Å²) in [7, 11) is 0. The summed E-state index contributed by atoms with van der Waals surface area (Å²) in [6.07, 6.45) is 3.96. The van der Waals surface area contributed by atoms with Gasteiger partial charge in [-0.05, 0) is 24.9 Å². The lowest BCUT2D eigenvalue weighted by atomic mass is 10.2. The molecule has 1 unspecified atom stereocenters. The van der Waals surface area contributed by atoms with Gasteiger partial charge in [-0.25, -0.2) is 9.78 Å². The molecule has 1 aromatic heterocycles. The zero-order valence-electron chi connectivity index (χ0n) is 16.4. The molecule has 0 spiro atoms. The highest BCUT2D eigenvalue weighted by Gasteiger charge is 2.24. The van der Waals surface area contributed by atoms with Crippen LogP contribution < -0.4 is 10.6 Å². The first-order chi connectivity index (χ1) is 14.3. The number of amides is 2. The lowest BCUT2D eigenvalue weighted by Gasteiger charge is -2.24. The molecule has 0 saturated carbocycles. The minimum Gasteiger partial charge on any atom is -0.439 e. The first-order valence-electron chi connectivity index (χ1n) is 10.1. The number of urea groups is 1. The highest BCUT2D eigenvalue weighted by Crippen LogP contribution is 2.20. The van der Waals surface area contributed by atoms with Crippen LogP contribution in [0.15, 0.2) is 71.3 Å². The molecule has 1 aliphatic heterocycles. The molecule has 29 heavy (non-hydrogen) atoms. The van der Waals surface area contributed by atoms with E-state index in [4.69, 9.17) is 4.42 Å². The van der Waals surface area contributed by atoms with Crippen molar-refractivity contribution in [1.82, 2.24) is 20.5 Å². The lowest BCUT2D eigenvalue weighted by molar-refractivity contribution is 0.221. The SMILES string of the molecule is O=C(NCc1ncc(-c2ccccc2)o1)NCC1CCCN1Cc1ccccc1. The predicted octanol–water partition coefficient (Wildman–Crippen LogP) is 3.81. The number of hydrogen-bond acceptors (Lipinski definition) is 4. The van der Waals surface area contributed by atoms with Gasteiger partial charge in [0.15, 0.2) is 5.76 Å². The second kappa shape index (κ2) is 9.39. The van der Waals surface area contributed by atoms with Gasteiger partial charge in [0.2, 0.25) is 5.89 Å². The molecule has 6 heteroatoms. The zero-order valence-corrected chi connectivity index (χ0v) is 16.4. The van der Waals surface area contributed by atoms with Crippen molar-refractivity contribution in [1.29, 1.82) is 0 Å². The average molecular weight is 390 g/mol. The third kappa shape index (κ3) is 5.23. The number of likely N-dealkylation sites (tertiary alicyclic amines) is 1. The summed E-state index contributed by atoms with van der Waals surface area (Å²) in [6.45, 7) is 2.89. The number of aromatic nitrogens is 1. The summed E-state index contributed by atoms with van der Waals surface area (Å²) < 4.78 is 5.72. The Kier molecular flexibility index (Phi) is 6.22. The van der Waals surface area contributed by atoms with E-state index in [-0.39, 0.29) is 12.6 Å². The quantitative estimate of drug-likeness (QED) is 0.644. The van der Waals surface area contributed by atoms with Crippen LogP contribution in [0.2, 0.25) is 0 Å². The van der Waals surface area contributed by atoms with E-state index in [1.165, 1.54) is 12.0 Å². The average Bonchev–Trinajstić information content (AvgIpc) is 3.42. The lowest BCUT2D eigenvalue weighted by Crippen LogP contribution is -2.43. The second-order valence-corrected chi connectivity index (χ2v) is 7.30. The number of nitrogens with zero attached hydrogens (tertiary/aromatic N) is 2. The van der Waals surface area contributed by atoms with Gasteiger partial charge in [0.1, 0.15) is 0 Å². The number of carbonyl (C=O) groups is 1. The molecule has 1 aliphatic rings. The molecule has 4 rings (SSSR count). The standard InChI is InChI=1S/C23H26N4O2/c28-23(26-16-22-24-15-21(29-22)19-10-5-2-6-11-19)25-14-20-12-7-13-27(20)17-18-8-3-1-4-9-18/h1-6,8-11,15,20H,7,12-14,16-17H2,(H2,25,26,28). The number of oxazole rings is 1. The van der Waals surface area contributed by atoms with Crippen LogP contribution >= 0.6 is 0 Å². The van der Waals surface area contributed by atoms with Crippen LogP contribution in [-0.2, 0) is 13.1 Å². The van der Waals surface area contributed by atoms with E-state index in [2.05, 4.69) is 44.8 Å². The van der Waals surface area contributed by atoms with Gasteiger partial charge in [-0.15, -0.1) is 0 Å².